The lowest BCUT2D eigenvalue weighted by atomic mass is 10.4. The summed E-state index contributed by atoms with van der Waals surface area (Å²) in [5.74, 6) is -0.0648. The molecule has 0 atom stereocenters. The first-order valence-corrected chi connectivity index (χ1v) is 3.79. The molecule has 2 aliphatic rings. The number of hydrogen-bond donors (Lipinski definition) is 1. The maximum absolute atomic E-state index is 9.68. The number of cyclic esters (lactones) is 1. The van der Waals surface area contributed by atoms with Crippen molar-refractivity contribution in [2.24, 2.45) is 0 Å². The number of hydrogen-bond acceptors (Lipinski definition) is 3. The first-order chi connectivity index (χ1) is 5.89. The normalized spacial score (nSPS) is 17.8. The van der Waals surface area contributed by atoms with E-state index < -0.39 is 0 Å². The summed E-state index contributed by atoms with van der Waals surface area (Å²) in [6.07, 6.45) is 12.2. The van der Waals surface area contributed by atoms with Crippen LogP contribution in [0, 0.1) is 0 Å². The first kappa shape index (κ1) is 8.59. The summed E-state index contributed by atoms with van der Waals surface area (Å²) < 4.78 is 4.29. The highest BCUT2D eigenvalue weighted by molar-refractivity contribution is 5.73. The maximum atomic E-state index is 9.68. The van der Waals surface area contributed by atoms with Gasteiger partial charge in [0.1, 0.15) is 6.61 Å². The number of ether oxygens (including phenoxy) is 1. The van der Waals surface area contributed by atoms with Crippen molar-refractivity contribution in [1.82, 2.24) is 5.32 Å². The number of carbonyl (C=O) groups is 1. The maximum Gasteiger partial charge on any atom is 0.309 e. The van der Waals surface area contributed by atoms with Gasteiger partial charge in [-0.1, -0.05) is 12.2 Å². The fraction of sp³-hybridized carbons (Fsp3) is 0.222. The summed E-state index contributed by atoms with van der Waals surface area (Å²) in [5, 5.41) is 2.92. The van der Waals surface area contributed by atoms with Crippen molar-refractivity contribution >= 4 is 5.97 Å². The third-order valence-corrected chi connectivity index (χ3v) is 1.29. The van der Waals surface area contributed by atoms with Gasteiger partial charge in [0.05, 0.1) is 6.42 Å². The van der Waals surface area contributed by atoms with Crippen LogP contribution in [0.1, 0.15) is 6.42 Å². The standard InChI is InChI=1S/C6H7N.C3H4O2/c1-2-4-6-7-5-3-1;4-3-1-2-5-3/h1-7H;1-2H2. The molecule has 1 saturated heterocycles. The first-order valence-electron chi connectivity index (χ1n) is 3.79. The van der Waals surface area contributed by atoms with Crippen LogP contribution in [0.15, 0.2) is 36.7 Å². The van der Waals surface area contributed by atoms with Crippen LogP contribution >= 0.6 is 0 Å². The largest absolute Gasteiger partial charge is 0.465 e. The monoisotopic (exact) mass is 165 g/mol. The topological polar surface area (TPSA) is 38.3 Å². The lowest BCUT2D eigenvalue weighted by Gasteiger charge is -2.09. The van der Waals surface area contributed by atoms with Gasteiger partial charge in [-0.05, 0) is 12.2 Å². The van der Waals surface area contributed by atoms with Crippen LogP contribution < -0.4 is 5.32 Å². The van der Waals surface area contributed by atoms with Gasteiger partial charge in [-0.25, -0.2) is 0 Å². The second-order valence-corrected chi connectivity index (χ2v) is 2.24. The Bertz CT molecular complexity index is 209. The van der Waals surface area contributed by atoms with Gasteiger partial charge in [0.15, 0.2) is 0 Å². The molecule has 0 bridgehead atoms. The van der Waals surface area contributed by atoms with E-state index in [9.17, 15) is 4.79 Å². The van der Waals surface area contributed by atoms with E-state index in [1.165, 1.54) is 0 Å². The van der Waals surface area contributed by atoms with Gasteiger partial charge in [-0.3, -0.25) is 4.79 Å². The average Bonchev–Trinajstić information content (AvgIpc) is 2.32. The smallest absolute Gasteiger partial charge is 0.309 e. The highest BCUT2D eigenvalue weighted by Gasteiger charge is 2.10. The molecule has 0 aromatic carbocycles. The van der Waals surface area contributed by atoms with Crippen molar-refractivity contribution in [3.8, 4) is 0 Å². The molecule has 0 spiro atoms. The Labute approximate surface area is 71.4 Å². The molecule has 0 aliphatic carbocycles. The molecule has 64 valence electrons. The second kappa shape index (κ2) is 5.18. The van der Waals surface area contributed by atoms with E-state index in [-0.39, 0.29) is 5.97 Å². The zero-order chi connectivity index (χ0) is 8.65. The van der Waals surface area contributed by atoms with E-state index in [4.69, 9.17) is 0 Å². The van der Waals surface area contributed by atoms with Crippen LogP contribution in [0.2, 0.25) is 0 Å². The number of allylic oxidation sites excluding steroid dienone is 4. The van der Waals surface area contributed by atoms with Crippen LogP contribution in [0.4, 0.5) is 0 Å². The predicted octanol–water partition coefficient (Wildman–Crippen LogP) is 1.11. The molecule has 0 amide bonds. The molecule has 1 fully saturated rings. The minimum Gasteiger partial charge on any atom is -0.465 e. The van der Waals surface area contributed by atoms with Gasteiger partial charge in [0.25, 0.3) is 0 Å². The summed E-state index contributed by atoms with van der Waals surface area (Å²) in [4.78, 5) is 9.68. The molecule has 3 heteroatoms. The lowest BCUT2D eigenvalue weighted by Crippen LogP contribution is -2.18. The second-order valence-electron chi connectivity index (χ2n) is 2.24. The zero-order valence-corrected chi connectivity index (χ0v) is 6.69. The summed E-state index contributed by atoms with van der Waals surface area (Å²) in [6, 6.07) is 0. The number of nitrogens with one attached hydrogen (secondary N) is 1. The van der Waals surface area contributed by atoms with Crippen LogP contribution in [-0.2, 0) is 9.53 Å². The van der Waals surface area contributed by atoms with Gasteiger partial charge in [0.2, 0.25) is 0 Å². The fourth-order valence-corrected chi connectivity index (χ4v) is 0.591. The molecule has 2 rings (SSSR count). The van der Waals surface area contributed by atoms with E-state index in [2.05, 4.69) is 10.1 Å². The molecule has 3 nitrogen and oxygen atoms in total. The van der Waals surface area contributed by atoms with Crippen molar-refractivity contribution in [3.05, 3.63) is 36.7 Å². The third kappa shape index (κ3) is 3.61. The molecule has 2 heterocycles. The SMILES string of the molecule is C1=CC=CNC=C1.O=C1CCO1. The van der Waals surface area contributed by atoms with Crippen molar-refractivity contribution in [3.63, 3.8) is 0 Å². The Balaban J connectivity index is 0.000000127. The molecule has 0 aromatic heterocycles. The van der Waals surface area contributed by atoms with Crippen LogP contribution in [0.3, 0.4) is 0 Å². The minimum atomic E-state index is -0.0648. The van der Waals surface area contributed by atoms with Gasteiger partial charge < -0.3 is 10.1 Å². The summed E-state index contributed by atoms with van der Waals surface area (Å²) in [7, 11) is 0. The summed E-state index contributed by atoms with van der Waals surface area (Å²) >= 11 is 0. The van der Waals surface area contributed by atoms with E-state index in [0.29, 0.717) is 13.0 Å². The Kier molecular flexibility index (Phi) is 3.71. The van der Waals surface area contributed by atoms with Crippen LogP contribution in [0.25, 0.3) is 0 Å². The fourth-order valence-electron chi connectivity index (χ4n) is 0.591. The van der Waals surface area contributed by atoms with E-state index >= 15 is 0 Å². The van der Waals surface area contributed by atoms with E-state index in [1.54, 1.807) is 0 Å². The molecule has 0 radical (unpaired) electrons. The molecular formula is C9H11NO2. The molecule has 0 unspecified atom stereocenters. The molecular weight excluding hydrogens is 154 g/mol. The van der Waals surface area contributed by atoms with Crippen molar-refractivity contribution in [1.29, 1.82) is 0 Å². The Morgan fingerprint density at radius 3 is 2.00 bits per heavy atom. The molecule has 0 aromatic rings. The van der Waals surface area contributed by atoms with Crippen LogP contribution in [-0.4, -0.2) is 12.6 Å². The van der Waals surface area contributed by atoms with Gasteiger partial charge in [0, 0.05) is 12.4 Å². The Morgan fingerprint density at radius 1 is 1.17 bits per heavy atom. The molecule has 12 heavy (non-hydrogen) atoms. The van der Waals surface area contributed by atoms with Gasteiger partial charge in [-0.15, -0.1) is 0 Å². The Hall–Kier alpha value is -1.51. The van der Waals surface area contributed by atoms with Crippen molar-refractivity contribution < 1.29 is 9.53 Å². The molecule has 1 N–H and O–H groups in total. The van der Waals surface area contributed by atoms with Gasteiger partial charge >= 0.3 is 5.97 Å². The number of esters is 1. The number of rotatable bonds is 0. The molecule has 0 saturated carbocycles. The summed E-state index contributed by atoms with van der Waals surface area (Å²) in [6.45, 7) is 0.638. The van der Waals surface area contributed by atoms with Crippen molar-refractivity contribution in [2.75, 3.05) is 6.61 Å². The average molecular weight is 165 g/mol. The van der Waals surface area contributed by atoms with Gasteiger partial charge in [-0.2, -0.15) is 0 Å². The summed E-state index contributed by atoms with van der Waals surface area (Å²) in [5.41, 5.74) is 0. The predicted molar refractivity (Wildman–Crippen MR) is 46.1 cm³/mol. The quantitative estimate of drug-likeness (QED) is 0.546. The third-order valence-electron chi connectivity index (χ3n) is 1.29. The Morgan fingerprint density at radius 2 is 1.67 bits per heavy atom. The highest BCUT2D eigenvalue weighted by Crippen LogP contribution is 1.97. The van der Waals surface area contributed by atoms with Crippen LogP contribution in [0.5, 0.6) is 0 Å². The lowest BCUT2D eigenvalue weighted by molar-refractivity contribution is -0.157. The minimum absolute atomic E-state index is 0.0648. The molecule has 2 aliphatic heterocycles. The van der Waals surface area contributed by atoms with Crippen molar-refractivity contribution in [2.45, 2.75) is 6.42 Å². The highest BCUT2D eigenvalue weighted by atomic mass is 16.6. The van der Waals surface area contributed by atoms with E-state index in [1.807, 2.05) is 36.7 Å². The van der Waals surface area contributed by atoms with E-state index in [0.717, 1.165) is 0 Å². The zero-order valence-electron chi connectivity index (χ0n) is 6.69. The number of carbonyl (C=O) groups excluding carboxylic acids is 1.